The zero-order valence-electron chi connectivity index (χ0n) is 43.7. The fourth-order valence-electron chi connectivity index (χ4n) is 16.7. The Morgan fingerprint density at radius 2 is 0.840 bits per heavy atom. The lowest BCUT2D eigenvalue weighted by Crippen LogP contribution is -2.47. The van der Waals surface area contributed by atoms with E-state index in [0.29, 0.717) is 23.7 Å². The largest absolute Gasteiger partial charge is 0.335 e. The fourth-order valence-corrected chi connectivity index (χ4v) is 16.7. The third-order valence-corrected chi connectivity index (χ3v) is 19.6. The molecule has 2 heteroatoms. The van der Waals surface area contributed by atoms with Crippen LogP contribution in [0.3, 0.4) is 0 Å². The second-order valence-electron chi connectivity index (χ2n) is 23.6. The van der Waals surface area contributed by atoms with E-state index in [2.05, 4.69) is 256 Å². The molecular weight excluding hydrogens is 905 g/mol. The van der Waals surface area contributed by atoms with Gasteiger partial charge in [0.15, 0.2) is 0 Å². The van der Waals surface area contributed by atoms with Crippen LogP contribution in [0, 0.1) is 11.8 Å². The van der Waals surface area contributed by atoms with Gasteiger partial charge in [-0.05, 0) is 200 Å². The molecule has 0 saturated heterocycles. The summed E-state index contributed by atoms with van der Waals surface area (Å²) < 4.78 is 0. The van der Waals surface area contributed by atoms with Gasteiger partial charge in [-0.15, -0.1) is 0 Å². The van der Waals surface area contributed by atoms with Crippen molar-refractivity contribution in [3.05, 3.63) is 252 Å². The molecule has 10 aromatic rings. The number of hydrogen-bond acceptors (Lipinski definition) is 2. The van der Waals surface area contributed by atoms with E-state index in [1.54, 1.807) is 0 Å². The first-order chi connectivity index (χ1) is 36.8. The Balaban J connectivity index is 0.941. The smallest absolute Gasteiger partial charge is 0.0720 e. The molecule has 0 bridgehead atoms. The van der Waals surface area contributed by atoms with Gasteiger partial charge >= 0.3 is 0 Å². The van der Waals surface area contributed by atoms with E-state index in [4.69, 9.17) is 0 Å². The lowest BCUT2D eigenvalue weighted by molar-refractivity contribution is 0.223. The maximum atomic E-state index is 2.69. The Bertz CT molecular complexity index is 3840. The molecule has 0 amide bonds. The summed E-state index contributed by atoms with van der Waals surface area (Å²) in [4.78, 5) is 5.38. The molecule has 3 aliphatic carbocycles. The SMILES string of the molecule is CC1CCCC2(C)C1c1cc(-c3ccc4c(c3)C(c3ccccc3)(c3ccccc3)c3c-4c4ccccc4c4cc(-c5ccc6c(c5)C5C(C)CCCC5(C)N6c5ccccc5)ccc34)ccc1N2c1ccccc1. The van der Waals surface area contributed by atoms with Crippen LogP contribution in [-0.2, 0) is 5.41 Å². The summed E-state index contributed by atoms with van der Waals surface area (Å²) in [5, 5.41) is 5.23. The molecule has 2 fully saturated rings. The predicted molar refractivity (Wildman–Crippen MR) is 315 cm³/mol. The molecule has 6 unspecified atom stereocenters. The number of nitrogens with zero attached hydrogens (tertiary/aromatic N) is 2. The molecule has 2 heterocycles. The van der Waals surface area contributed by atoms with Gasteiger partial charge in [0.25, 0.3) is 0 Å². The van der Waals surface area contributed by atoms with Gasteiger partial charge in [0, 0.05) is 45.7 Å². The van der Waals surface area contributed by atoms with Crippen molar-refractivity contribution in [1.82, 2.24) is 0 Å². The Kier molecular flexibility index (Phi) is 9.95. The Morgan fingerprint density at radius 1 is 0.400 bits per heavy atom. The Hall–Kier alpha value is -7.68. The van der Waals surface area contributed by atoms with Gasteiger partial charge < -0.3 is 9.80 Å². The van der Waals surface area contributed by atoms with Crippen LogP contribution < -0.4 is 9.80 Å². The lowest BCUT2D eigenvalue weighted by atomic mass is 9.66. The van der Waals surface area contributed by atoms with Gasteiger partial charge in [0.05, 0.1) is 5.41 Å². The molecule has 2 saturated carbocycles. The minimum Gasteiger partial charge on any atom is -0.335 e. The molecule has 0 spiro atoms. The summed E-state index contributed by atoms with van der Waals surface area (Å²) in [7, 11) is 0. The predicted octanol–water partition coefficient (Wildman–Crippen LogP) is 19.3. The summed E-state index contributed by atoms with van der Waals surface area (Å²) in [5.41, 5.74) is 20.9. The van der Waals surface area contributed by atoms with Gasteiger partial charge in [-0.1, -0.05) is 184 Å². The van der Waals surface area contributed by atoms with Gasteiger partial charge in [-0.25, -0.2) is 0 Å². The molecule has 366 valence electrons. The van der Waals surface area contributed by atoms with Gasteiger partial charge in [-0.2, -0.15) is 0 Å². The van der Waals surface area contributed by atoms with Gasteiger partial charge in [0.1, 0.15) is 0 Å². The topological polar surface area (TPSA) is 6.48 Å². The van der Waals surface area contributed by atoms with E-state index >= 15 is 0 Å². The van der Waals surface area contributed by atoms with E-state index in [0.717, 1.165) is 0 Å². The minimum absolute atomic E-state index is 0.0246. The summed E-state index contributed by atoms with van der Waals surface area (Å²) in [6, 6.07) is 84.2. The summed E-state index contributed by atoms with van der Waals surface area (Å²) in [5.74, 6) is 2.11. The van der Waals surface area contributed by atoms with Crippen LogP contribution in [0.15, 0.2) is 218 Å². The number of anilines is 4. The first-order valence-electron chi connectivity index (χ1n) is 28.0. The number of para-hydroxylation sites is 2. The second kappa shape index (κ2) is 16.7. The van der Waals surface area contributed by atoms with E-state index in [-0.39, 0.29) is 11.1 Å². The third kappa shape index (κ3) is 6.26. The average molecular weight is 969 g/mol. The highest BCUT2D eigenvalue weighted by Crippen LogP contribution is 2.64. The van der Waals surface area contributed by atoms with Crippen molar-refractivity contribution in [2.24, 2.45) is 11.8 Å². The van der Waals surface area contributed by atoms with Crippen LogP contribution in [0.25, 0.3) is 54.9 Å². The first kappa shape index (κ1) is 44.8. The highest BCUT2D eigenvalue weighted by Gasteiger charge is 2.54. The van der Waals surface area contributed by atoms with Crippen LogP contribution in [0.1, 0.15) is 111 Å². The normalized spacial score (nSPS) is 23.8. The van der Waals surface area contributed by atoms with E-state index in [9.17, 15) is 0 Å². The number of benzene rings is 10. The Labute approximate surface area is 443 Å². The summed E-state index contributed by atoms with van der Waals surface area (Å²) in [6.45, 7) is 10.1. The van der Waals surface area contributed by atoms with E-state index in [1.165, 1.54) is 150 Å². The maximum absolute atomic E-state index is 2.69. The van der Waals surface area contributed by atoms with Crippen molar-refractivity contribution in [2.45, 2.75) is 94.5 Å². The molecular formula is C73H64N2. The lowest BCUT2D eigenvalue weighted by Gasteiger charge is -2.46. The minimum atomic E-state index is -0.597. The zero-order valence-corrected chi connectivity index (χ0v) is 43.7. The molecule has 5 aliphatic rings. The molecule has 10 aromatic carbocycles. The van der Waals surface area contributed by atoms with Crippen LogP contribution in [0.5, 0.6) is 0 Å². The number of rotatable bonds is 6. The standard InChI is InChI=1S/C73H64N2/c1-47-21-19-41-71(3)68(47)62-44-50(35-39-65(62)74(71)55-27-13-7-14-28-55)49-33-37-59-61(43-49)57-31-17-18-32-58(57)67-60-38-34-52(46-64(60)73(70(59)67,53-23-9-5-10-24-53)54-25-11-6-12-26-54)51-36-40-66-63(45-51)69-48(2)22-20-42-72(69,4)75(66)56-29-15-8-16-30-56/h5-18,23-40,43-48,68-69H,19-22,41-42H2,1-4H3. The quantitative estimate of drug-likeness (QED) is 0.153. The molecule has 6 atom stereocenters. The number of hydrogen-bond donors (Lipinski definition) is 0. The van der Waals surface area contributed by atoms with Crippen LogP contribution in [0.4, 0.5) is 22.7 Å². The highest BCUT2D eigenvalue weighted by molar-refractivity contribution is 6.20. The van der Waals surface area contributed by atoms with Crippen LogP contribution >= 0.6 is 0 Å². The van der Waals surface area contributed by atoms with Crippen LogP contribution in [0.2, 0.25) is 0 Å². The van der Waals surface area contributed by atoms with Crippen molar-refractivity contribution in [3.8, 4) is 33.4 Å². The maximum Gasteiger partial charge on any atom is 0.0720 e. The summed E-state index contributed by atoms with van der Waals surface area (Å²) in [6.07, 6.45) is 7.45. The zero-order chi connectivity index (χ0) is 50.2. The molecule has 2 aliphatic heterocycles. The van der Waals surface area contributed by atoms with E-state index in [1.807, 2.05) is 0 Å². The number of fused-ring (bicyclic) bond motifs is 14. The fraction of sp³-hybridized carbons (Fsp3) is 0.233. The monoisotopic (exact) mass is 969 g/mol. The van der Waals surface area contributed by atoms with Crippen LogP contribution in [-0.4, -0.2) is 11.1 Å². The molecule has 0 aromatic heterocycles. The van der Waals surface area contributed by atoms with Crippen molar-refractivity contribution in [1.29, 1.82) is 0 Å². The molecule has 75 heavy (non-hydrogen) atoms. The molecule has 0 radical (unpaired) electrons. The average Bonchev–Trinajstić information content (AvgIpc) is 4.21. The van der Waals surface area contributed by atoms with Crippen molar-refractivity contribution >= 4 is 44.3 Å². The molecule has 0 N–H and O–H groups in total. The van der Waals surface area contributed by atoms with Crippen molar-refractivity contribution in [3.63, 3.8) is 0 Å². The van der Waals surface area contributed by atoms with Gasteiger partial charge in [0.2, 0.25) is 0 Å². The summed E-state index contributed by atoms with van der Waals surface area (Å²) >= 11 is 0. The van der Waals surface area contributed by atoms with Gasteiger partial charge in [-0.3, -0.25) is 0 Å². The van der Waals surface area contributed by atoms with E-state index < -0.39 is 5.41 Å². The first-order valence-corrected chi connectivity index (χ1v) is 28.0. The third-order valence-electron chi connectivity index (χ3n) is 19.6. The van der Waals surface area contributed by atoms with Crippen molar-refractivity contribution < 1.29 is 0 Å². The Morgan fingerprint density at radius 3 is 1.37 bits per heavy atom. The highest BCUT2D eigenvalue weighted by atomic mass is 15.2. The molecule has 2 nitrogen and oxygen atoms in total. The van der Waals surface area contributed by atoms with Crippen molar-refractivity contribution in [2.75, 3.05) is 9.80 Å². The molecule has 15 rings (SSSR count). The second-order valence-corrected chi connectivity index (χ2v) is 23.6.